The van der Waals surface area contributed by atoms with E-state index in [2.05, 4.69) is 39.0 Å². The Labute approximate surface area is 93.6 Å². The molecule has 2 heterocycles. The van der Waals surface area contributed by atoms with Crippen LogP contribution >= 0.6 is 11.3 Å². The highest BCUT2D eigenvalue weighted by Gasteiger charge is 2.02. The summed E-state index contributed by atoms with van der Waals surface area (Å²) in [6.07, 6.45) is 3.04. The van der Waals surface area contributed by atoms with Crippen LogP contribution in [0.25, 0.3) is 11.3 Å². The van der Waals surface area contributed by atoms with E-state index in [9.17, 15) is 0 Å². The first-order valence-corrected chi connectivity index (χ1v) is 6.11. The first-order chi connectivity index (χ1) is 7.40. The fraction of sp³-hybridized carbons (Fsp3) is 0.364. The molecule has 0 bridgehead atoms. The van der Waals surface area contributed by atoms with Gasteiger partial charge in [-0.3, -0.25) is 0 Å². The number of H-pyrrole nitrogens is 1. The Morgan fingerprint density at radius 2 is 2.47 bits per heavy atom. The van der Waals surface area contributed by atoms with Crippen molar-refractivity contribution >= 4 is 11.3 Å². The van der Waals surface area contributed by atoms with Gasteiger partial charge in [0.15, 0.2) is 0 Å². The normalized spacial score (nSPS) is 10.7. The maximum atomic E-state index is 4.33. The van der Waals surface area contributed by atoms with Crippen molar-refractivity contribution in [1.82, 2.24) is 15.3 Å². The monoisotopic (exact) mass is 221 g/mol. The van der Waals surface area contributed by atoms with Gasteiger partial charge in [-0.05, 0) is 24.4 Å². The summed E-state index contributed by atoms with van der Waals surface area (Å²) in [7, 11) is 0. The van der Waals surface area contributed by atoms with Crippen LogP contribution in [0.4, 0.5) is 0 Å². The molecular formula is C11H15N3S. The molecule has 4 heteroatoms. The lowest BCUT2D eigenvalue weighted by molar-refractivity contribution is 0.655. The molecule has 0 unspecified atom stereocenters. The number of nitrogens with one attached hydrogen (secondary N) is 2. The van der Waals surface area contributed by atoms with Crippen molar-refractivity contribution in [3.63, 3.8) is 0 Å². The average molecular weight is 221 g/mol. The quantitative estimate of drug-likeness (QED) is 0.762. The number of imidazole rings is 1. The van der Waals surface area contributed by atoms with E-state index >= 15 is 0 Å². The molecular weight excluding hydrogens is 206 g/mol. The molecule has 0 amide bonds. The highest BCUT2D eigenvalue weighted by atomic mass is 32.1. The van der Waals surface area contributed by atoms with Crippen LogP contribution in [-0.2, 0) is 6.54 Å². The van der Waals surface area contributed by atoms with Gasteiger partial charge in [0.1, 0.15) is 5.82 Å². The predicted octanol–water partition coefficient (Wildman–Crippen LogP) is 2.64. The third-order valence-corrected chi connectivity index (χ3v) is 2.86. The van der Waals surface area contributed by atoms with E-state index < -0.39 is 0 Å². The standard InChI is InChI=1S/C11H15N3S/c1-2-4-12-7-11-13-6-10(14-11)9-3-5-15-8-9/h3,5-6,8,12H,2,4,7H2,1H3,(H,13,14). The molecule has 0 saturated heterocycles. The number of thiophene rings is 1. The second-order valence-corrected chi connectivity index (χ2v) is 4.21. The average Bonchev–Trinajstić information content (AvgIpc) is 2.87. The zero-order valence-corrected chi connectivity index (χ0v) is 9.60. The van der Waals surface area contributed by atoms with Crippen LogP contribution in [0.1, 0.15) is 19.2 Å². The van der Waals surface area contributed by atoms with Gasteiger partial charge in [0.2, 0.25) is 0 Å². The highest BCUT2D eigenvalue weighted by Crippen LogP contribution is 2.19. The van der Waals surface area contributed by atoms with Crippen LogP contribution in [0.3, 0.4) is 0 Å². The van der Waals surface area contributed by atoms with Gasteiger partial charge in [-0.1, -0.05) is 6.92 Å². The second kappa shape index (κ2) is 5.09. The smallest absolute Gasteiger partial charge is 0.120 e. The molecule has 0 spiro atoms. The van der Waals surface area contributed by atoms with Crippen molar-refractivity contribution in [2.45, 2.75) is 19.9 Å². The van der Waals surface area contributed by atoms with Crippen molar-refractivity contribution in [2.24, 2.45) is 0 Å². The Hall–Kier alpha value is -1.13. The van der Waals surface area contributed by atoms with E-state index in [-0.39, 0.29) is 0 Å². The lowest BCUT2D eigenvalue weighted by atomic mass is 10.3. The number of rotatable bonds is 5. The molecule has 0 aliphatic carbocycles. The second-order valence-electron chi connectivity index (χ2n) is 3.43. The minimum absolute atomic E-state index is 0.817. The fourth-order valence-electron chi connectivity index (χ4n) is 1.40. The molecule has 2 aromatic heterocycles. The lowest BCUT2D eigenvalue weighted by Gasteiger charge is -1.98. The molecule has 3 nitrogen and oxygen atoms in total. The third kappa shape index (κ3) is 2.67. The summed E-state index contributed by atoms with van der Waals surface area (Å²) in [4.78, 5) is 7.64. The molecule has 0 aliphatic rings. The molecule has 2 rings (SSSR count). The zero-order valence-electron chi connectivity index (χ0n) is 8.79. The molecule has 15 heavy (non-hydrogen) atoms. The molecule has 0 aromatic carbocycles. The van der Waals surface area contributed by atoms with Gasteiger partial charge in [-0.2, -0.15) is 11.3 Å². The summed E-state index contributed by atoms with van der Waals surface area (Å²) in [5, 5.41) is 7.52. The number of aromatic nitrogens is 2. The van der Waals surface area contributed by atoms with Crippen LogP contribution in [-0.4, -0.2) is 16.5 Å². The summed E-state index contributed by atoms with van der Waals surface area (Å²) in [6, 6.07) is 2.10. The van der Waals surface area contributed by atoms with E-state index in [1.165, 1.54) is 5.56 Å². The SMILES string of the molecule is CCCNCc1ncc(-c2ccsc2)[nH]1. The van der Waals surface area contributed by atoms with Crippen LogP contribution in [0.15, 0.2) is 23.0 Å². The van der Waals surface area contributed by atoms with Gasteiger partial charge in [0, 0.05) is 10.9 Å². The minimum Gasteiger partial charge on any atom is -0.341 e. The zero-order chi connectivity index (χ0) is 10.5. The molecule has 0 fully saturated rings. The number of aromatic amines is 1. The summed E-state index contributed by atoms with van der Waals surface area (Å²) >= 11 is 1.70. The predicted molar refractivity (Wildman–Crippen MR) is 63.9 cm³/mol. The van der Waals surface area contributed by atoms with Crippen LogP contribution in [0.2, 0.25) is 0 Å². The summed E-state index contributed by atoms with van der Waals surface area (Å²) in [6.45, 7) is 4.01. The van der Waals surface area contributed by atoms with Crippen molar-refractivity contribution in [3.8, 4) is 11.3 Å². The molecule has 0 atom stereocenters. The van der Waals surface area contributed by atoms with Gasteiger partial charge in [-0.15, -0.1) is 0 Å². The maximum Gasteiger partial charge on any atom is 0.120 e. The van der Waals surface area contributed by atoms with E-state index in [4.69, 9.17) is 0 Å². The van der Waals surface area contributed by atoms with Gasteiger partial charge < -0.3 is 10.3 Å². The largest absolute Gasteiger partial charge is 0.341 e. The number of hydrogen-bond acceptors (Lipinski definition) is 3. The Morgan fingerprint density at radius 1 is 1.53 bits per heavy atom. The Morgan fingerprint density at radius 3 is 3.20 bits per heavy atom. The fourth-order valence-corrected chi connectivity index (χ4v) is 2.06. The molecule has 0 saturated carbocycles. The molecule has 0 radical (unpaired) electrons. The first kappa shape index (κ1) is 10.4. The Kier molecular flexibility index (Phi) is 3.53. The third-order valence-electron chi connectivity index (χ3n) is 2.18. The Balaban J connectivity index is 1.98. The molecule has 0 aliphatic heterocycles. The van der Waals surface area contributed by atoms with Crippen molar-refractivity contribution in [1.29, 1.82) is 0 Å². The maximum absolute atomic E-state index is 4.33. The topological polar surface area (TPSA) is 40.7 Å². The Bertz CT molecular complexity index is 392. The first-order valence-electron chi connectivity index (χ1n) is 5.17. The molecule has 2 N–H and O–H groups in total. The molecule has 2 aromatic rings. The summed E-state index contributed by atoms with van der Waals surface area (Å²) in [5.41, 5.74) is 2.32. The van der Waals surface area contributed by atoms with E-state index in [0.717, 1.165) is 31.0 Å². The van der Waals surface area contributed by atoms with E-state index in [1.807, 2.05) is 6.20 Å². The van der Waals surface area contributed by atoms with E-state index in [1.54, 1.807) is 11.3 Å². The van der Waals surface area contributed by atoms with Gasteiger partial charge in [-0.25, -0.2) is 4.98 Å². The minimum atomic E-state index is 0.817. The van der Waals surface area contributed by atoms with Gasteiger partial charge >= 0.3 is 0 Å². The van der Waals surface area contributed by atoms with Crippen LogP contribution in [0, 0.1) is 0 Å². The van der Waals surface area contributed by atoms with Gasteiger partial charge in [0.25, 0.3) is 0 Å². The van der Waals surface area contributed by atoms with Gasteiger partial charge in [0.05, 0.1) is 18.4 Å². The highest BCUT2D eigenvalue weighted by molar-refractivity contribution is 7.08. The van der Waals surface area contributed by atoms with Crippen molar-refractivity contribution in [2.75, 3.05) is 6.54 Å². The van der Waals surface area contributed by atoms with Crippen LogP contribution < -0.4 is 5.32 Å². The number of nitrogens with zero attached hydrogens (tertiary/aromatic N) is 1. The molecule has 80 valence electrons. The summed E-state index contributed by atoms with van der Waals surface area (Å²) in [5.74, 6) is 1.00. The summed E-state index contributed by atoms with van der Waals surface area (Å²) < 4.78 is 0. The van der Waals surface area contributed by atoms with E-state index in [0.29, 0.717) is 0 Å². The van der Waals surface area contributed by atoms with Crippen molar-refractivity contribution < 1.29 is 0 Å². The number of hydrogen-bond donors (Lipinski definition) is 2. The lowest BCUT2D eigenvalue weighted by Crippen LogP contribution is -2.14. The van der Waals surface area contributed by atoms with Crippen LogP contribution in [0.5, 0.6) is 0 Å². The van der Waals surface area contributed by atoms with Crippen molar-refractivity contribution in [3.05, 3.63) is 28.8 Å².